The molecule has 1 rings (SSSR count). The van der Waals surface area contributed by atoms with Crippen LogP contribution in [0.4, 0.5) is 11.4 Å². The van der Waals surface area contributed by atoms with E-state index in [2.05, 4.69) is 0 Å². The number of nitriles is 2. The van der Waals surface area contributed by atoms with Crippen LogP contribution in [0.1, 0.15) is 11.1 Å². The van der Waals surface area contributed by atoms with Crippen molar-refractivity contribution in [3.63, 3.8) is 0 Å². The van der Waals surface area contributed by atoms with Crippen LogP contribution < -0.4 is 11.5 Å². The second-order valence-corrected chi connectivity index (χ2v) is 8.16. The van der Waals surface area contributed by atoms with Crippen molar-refractivity contribution in [3.8, 4) is 10.8 Å². The number of anilines is 2. The monoisotopic (exact) mass is 358 g/mol. The molecule has 7 heteroatoms. The molecular weight excluding hydrogens is 347 g/mol. The van der Waals surface area contributed by atoms with Crippen molar-refractivity contribution in [2.24, 2.45) is 0 Å². The van der Waals surface area contributed by atoms with Crippen LogP contribution in [0.3, 0.4) is 0 Å². The Bertz CT molecular complexity index is 410. The molecule has 4 nitrogen and oxygen atoms in total. The molecule has 94 valence electrons. The topological polar surface area (TPSA) is 99.6 Å². The Kier molecular flexibility index (Phi) is 8.76. The molecular formula is C10H12N4PdS2. The summed E-state index contributed by atoms with van der Waals surface area (Å²) in [5.74, 6) is 0. The predicted octanol–water partition coefficient (Wildman–Crippen LogP) is 2.80. The first-order valence-electron chi connectivity index (χ1n) is 4.35. The van der Waals surface area contributed by atoms with Crippen LogP contribution in [0.25, 0.3) is 0 Å². The van der Waals surface area contributed by atoms with Crippen LogP contribution in [0.5, 0.6) is 0 Å². The van der Waals surface area contributed by atoms with E-state index in [4.69, 9.17) is 22.0 Å². The van der Waals surface area contributed by atoms with Crippen LogP contribution in [-0.2, 0) is 15.5 Å². The van der Waals surface area contributed by atoms with E-state index in [1.54, 1.807) is 0 Å². The van der Waals surface area contributed by atoms with Gasteiger partial charge in [0, 0.05) is 0 Å². The average molecular weight is 359 g/mol. The maximum atomic E-state index is 7.90. The third-order valence-corrected chi connectivity index (χ3v) is 5.65. The van der Waals surface area contributed by atoms with Crippen LogP contribution >= 0.6 is 19.2 Å². The number of hydrogen-bond acceptors (Lipinski definition) is 6. The SMILES string of the molecule is Cc1ccc(N)c(N)c1C.N#C[S][Pd][S]C#N. The maximum absolute atomic E-state index is 7.90. The molecule has 1 aromatic carbocycles. The number of thiocyanates is 2. The fourth-order valence-corrected chi connectivity index (χ4v) is 2.82. The van der Waals surface area contributed by atoms with E-state index in [0.29, 0.717) is 11.4 Å². The minimum absolute atomic E-state index is 0.179. The number of hydrogen-bond donors (Lipinski definition) is 2. The van der Waals surface area contributed by atoms with Crippen molar-refractivity contribution in [2.45, 2.75) is 13.8 Å². The molecule has 0 saturated carbocycles. The van der Waals surface area contributed by atoms with Gasteiger partial charge >= 0.3 is 56.0 Å². The van der Waals surface area contributed by atoms with Gasteiger partial charge in [-0.1, -0.05) is 6.07 Å². The molecule has 0 aliphatic carbocycles. The van der Waals surface area contributed by atoms with E-state index >= 15 is 0 Å². The molecule has 0 radical (unpaired) electrons. The molecule has 0 unspecified atom stereocenters. The van der Waals surface area contributed by atoms with E-state index in [1.807, 2.05) is 36.8 Å². The first kappa shape index (κ1) is 16.2. The predicted molar refractivity (Wildman–Crippen MR) is 71.1 cm³/mol. The Labute approximate surface area is 115 Å². The summed E-state index contributed by atoms with van der Waals surface area (Å²) in [6, 6.07) is 3.80. The fraction of sp³-hybridized carbons (Fsp3) is 0.200. The zero-order valence-corrected chi connectivity index (χ0v) is 12.5. The van der Waals surface area contributed by atoms with Gasteiger partial charge in [0.15, 0.2) is 0 Å². The number of rotatable bonds is 2. The zero-order chi connectivity index (χ0) is 13.3. The number of nitrogens with zero attached hydrogens (tertiary/aromatic N) is 2. The van der Waals surface area contributed by atoms with E-state index in [1.165, 1.54) is 5.56 Å². The Balaban J connectivity index is 0.000000325. The summed E-state index contributed by atoms with van der Waals surface area (Å²) in [6.45, 7) is 3.99. The number of nitrogens with two attached hydrogens (primary N) is 2. The molecule has 0 spiro atoms. The fourth-order valence-electron chi connectivity index (χ4n) is 0.895. The van der Waals surface area contributed by atoms with Gasteiger partial charge in [0.2, 0.25) is 0 Å². The molecule has 1 aromatic rings. The molecule has 0 aliphatic rings. The van der Waals surface area contributed by atoms with Crippen molar-refractivity contribution >= 4 is 30.5 Å². The molecule has 0 aromatic heterocycles. The van der Waals surface area contributed by atoms with Gasteiger partial charge in [-0.2, -0.15) is 0 Å². The van der Waals surface area contributed by atoms with Gasteiger partial charge in [-0.15, -0.1) is 0 Å². The second kappa shape index (κ2) is 9.22. The van der Waals surface area contributed by atoms with Crippen molar-refractivity contribution < 1.29 is 15.5 Å². The van der Waals surface area contributed by atoms with Crippen LogP contribution in [0.15, 0.2) is 12.1 Å². The Morgan fingerprint density at radius 3 is 2.06 bits per heavy atom. The molecule has 0 bridgehead atoms. The standard InChI is InChI=1S/C8H12N2.2CHNS.Pd/c1-5-3-4-7(9)8(10)6(5)2;2*2-1-3;/h3-4H,9-10H2,1-2H3;2*3H;/q;;;+2/p-2. The molecule has 17 heavy (non-hydrogen) atoms. The summed E-state index contributed by atoms with van der Waals surface area (Å²) < 4.78 is 0. The van der Waals surface area contributed by atoms with Gasteiger partial charge in [0.25, 0.3) is 0 Å². The summed E-state index contributed by atoms with van der Waals surface area (Å²) in [4.78, 5) is 0. The Morgan fingerprint density at radius 1 is 1.12 bits per heavy atom. The summed E-state index contributed by atoms with van der Waals surface area (Å²) in [5, 5.41) is 19.5. The number of aryl methyl sites for hydroxylation is 1. The third-order valence-electron chi connectivity index (χ3n) is 1.93. The van der Waals surface area contributed by atoms with Gasteiger partial charge in [-0.05, 0) is 31.0 Å². The van der Waals surface area contributed by atoms with Crippen molar-refractivity contribution in [2.75, 3.05) is 11.5 Å². The van der Waals surface area contributed by atoms with E-state index in [9.17, 15) is 0 Å². The first-order chi connectivity index (χ1) is 8.04. The van der Waals surface area contributed by atoms with Gasteiger partial charge in [0.05, 0.1) is 11.4 Å². The third kappa shape index (κ3) is 6.46. The second-order valence-electron chi connectivity index (χ2n) is 2.87. The first-order valence-corrected chi connectivity index (χ1v) is 9.49. The van der Waals surface area contributed by atoms with Crippen molar-refractivity contribution in [1.82, 2.24) is 0 Å². The molecule has 0 fully saturated rings. The van der Waals surface area contributed by atoms with Crippen molar-refractivity contribution in [3.05, 3.63) is 23.3 Å². The van der Waals surface area contributed by atoms with Crippen LogP contribution in [0, 0.1) is 35.2 Å². The molecule has 0 heterocycles. The van der Waals surface area contributed by atoms with Crippen molar-refractivity contribution in [1.29, 1.82) is 10.5 Å². The van der Waals surface area contributed by atoms with E-state index < -0.39 is 0 Å². The van der Waals surface area contributed by atoms with E-state index in [0.717, 1.165) is 24.7 Å². The Morgan fingerprint density at radius 2 is 1.65 bits per heavy atom. The van der Waals surface area contributed by atoms with E-state index in [-0.39, 0.29) is 15.5 Å². The Hall–Kier alpha value is -0.838. The van der Waals surface area contributed by atoms with Crippen LogP contribution in [0.2, 0.25) is 0 Å². The molecule has 0 saturated heterocycles. The summed E-state index contributed by atoms with van der Waals surface area (Å²) in [6.07, 6.45) is 0. The quantitative estimate of drug-likeness (QED) is 0.365. The van der Waals surface area contributed by atoms with Gasteiger partial charge in [-0.3, -0.25) is 0 Å². The van der Waals surface area contributed by atoms with Gasteiger partial charge in [0.1, 0.15) is 0 Å². The molecule has 0 atom stereocenters. The van der Waals surface area contributed by atoms with Gasteiger partial charge in [-0.25, -0.2) is 0 Å². The summed E-state index contributed by atoms with van der Waals surface area (Å²) >= 11 is 0.179. The minimum atomic E-state index is 0.179. The average Bonchev–Trinajstić information content (AvgIpc) is 2.33. The number of benzene rings is 1. The molecule has 0 aliphatic heterocycles. The molecule has 0 amide bonds. The molecule has 4 N–H and O–H groups in total. The van der Waals surface area contributed by atoms with Gasteiger partial charge < -0.3 is 11.5 Å². The van der Waals surface area contributed by atoms with Crippen LogP contribution in [-0.4, -0.2) is 0 Å². The zero-order valence-electron chi connectivity index (χ0n) is 9.34. The normalized spacial score (nSPS) is 8.71. The number of nitrogen functional groups attached to an aromatic ring is 2. The summed E-state index contributed by atoms with van der Waals surface area (Å²) in [7, 11) is 2.26. The summed E-state index contributed by atoms with van der Waals surface area (Å²) in [5.41, 5.74) is 14.9.